The van der Waals surface area contributed by atoms with Crippen LogP contribution < -0.4 is 4.90 Å². The van der Waals surface area contributed by atoms with Crippen molar-refractivity contribution in [2.45, 2.75) is 19.5 Å². The normalized spacial score (nSPS) is 13.5. The van der Waals surface area contributed by atoms with Gasteiger partial charge in [-0.2, -0.15) is 0 Å². The van der Waals surface area contributed by atoms with Gasteiger partial charge in [0, 0.05) is 31.5 Å². The van der Waals surface area contributed by atoms with Gasteiger partial charge in [0.05, 0.1) is 25.0 Å². The van der Waals surface area contributed by atoms with E-state index in [9.17, 15) is 9.18 Å². The van der Waals surface area contributed by atoms with Gasteiger partial charge in [0.15, 0.2) is 0 Å². The third-order valence-corrected chi connectivity index (χ3v) is 6.10. The molecule has 33 heavy (non-hydrogen) atoms. The lowest BCUT2D eigenvalue weighted by Crippen LogP contribution is -2.36. The molecule has 0 bridgehead atoms. The maximum atomic E-state index is 14.2. The summed E-state index contributed by atoms with van der Waals surface area (Å²) in [6.07, 6.45) is 3.56. The summed E-state index contributed by atoms with van der Waals surface area (Å²) >= 11 is 0. The van der Waals surface area contributed by atoms with Gasteiger partial charge in [-0.15, -0.1) is 0 Å². The molecule has 5 rings (SSSR count). The quantitative estimate of drug-likeness (QED) is 0.485. The maximum absolute atomic E-state index is 14.2. The first kappa shape index (κ1) is 20.9. The molecule has 0 unspecified atom stereocenters. The number of hydrogen-bond acceptors (Lipinski definition) is 3. The molecule has 166 valence electrons. The van der Waals surface area contributed by atoms with Gasteiger partial charge in [-0.05, 0) is 40.5 Å². The first-order valence-electron chi connectivity index (χ1n) is 11.1. The Bertz CT molecular complexity index is 1240. The van der Waals surface area contributed by atoms with Crippen LogP contribution in [0.5, 0.6) is 0 Å². The van der Waals surface area contributed by atoms with Crippen LogP contribution in [0.15, 0.2) is 85.3 Å². The number of hydrogen-bond donors (Lipinski definition) is 1. The van der Waals surface area contributed by atoms with Crippen molar-refractivity contribution in [2.24, 2.45) is 0 Å². The zero-order valence-electron chi connectivity index (χ0n) is 18.2. The minimum absolute atomic E-state index is 0.0565. The molecule has 0 fully saturated rings. The summed E-state index contributed by atoms with van der Waals surface area (Å²) in [4.78, 5) is 24.6. The smallest absolute Gasteiger partial charge is 0.227 e. The molecule has 1 aliphatic heterocycles. The zero-order valence-corrected chi connectivity index (χ0v) is 18.2. The van der Waals surface area contributed by atoms with Crippen LogP contribution in [0.3, 0.4) is 0 Å². The second-order valence-corrected chi connectivity index (χ2v) is 8.29. The molecule has 0 saturated heterocycles. The molecule has 1 aromatic heterocycles. The van der Waals surface area contributed by atoms with Gasteiger partial charge in [-0.1, -0.05) is 54.6 Å². The Morgan fingerprint density at radius 3 is 2.58 bits per heavy atom. The highest BCUT2D eigenvalue weighted by molar-refractivity contribution is 5.80. The van der Waals surface area contributed by atoms with Crippen LogP contribution in [0.1, 0.15) is 16.8 Å². The molecular formula is C27H25FN4O. The number of benzene rings is 3. The predicted octanol–water partition coefficient (Wildman–Crippen LogP) is 4.81. The summed E-state index contributed by atoms with van der Waals surface area (Å²) in [7, 11) is 0. The Morgan fingerprint density at radius 2 is 1.79 bits per heavy atom. The van der Waals surface area contributed by atoms with Crippen LogP contribution in [0.2, 0.25) is 0 Å². The lowest BCUT2D eigenvalue weighted by molar-refractivity contribution is -0.130. The third-order valence-electron chi connectivity index (χ3n) is 6.10. The Labute approximate surface area is 192 Å². The Morgan fingerprint density at radius 1 is 0.970 bits per heavy atom. The standard InChI is InChI=1S/C27H25FN4O/c28-25-9-5-4-8-22(25)15-27(33)32-13-12-31(18-24-16-29-19-30-24)26-11-10-21(14-23(26)17-32)20-6-2-1-3-7-20/h1-11,14,16,19H,12-13,15,17-18H2,(H,29,30). The van der Waals surface area contributed by atoms with E-state index >= 15 is 0 Å². The zero-order chi connectivity index (χ0) is 22.6. The van der Waals surface area contributed by atoms with Gasteiger partial charge in [-0.3, -0.25) is 4.79 Å². The Balaban J connectivity index is 1.46. The SMILES string of the molecule is O=C(Cc1ccccc1F)N1CCN(Cc2cnc[nH]2)c2ccc(-c3ccccc3)cc2C1. The van der Waals surface area contributed by atoms with Gasteiger partial charge in [0.1, 0.15) is 5.82 Å². The third kappa shape index (κ3) is 4.65. The lowest BCUT2D eigenvalue weighted by Gasteiger charge is -2.24. The van der Waals surface area contributed by atoms with Crippen molar-refractivity contribution in [3.63, 3.8) is 0 Å². The number of aromatic nitrogens is 2. The molecule has 0 aliphatic carbocycles. The second-order valence-electron chi connectivity index (χ2n) is 8.29. The molecule has 0 atom stereocenters. The van der Waals surface area contributed by atoms with E-state index in [1.165, 1.54) is 6.07 Å². The highest BCUT2D eigenvalue weighted by atomic mass is 19.1. The van der Waals surface area contributed by atoms with Gasteiger partial charge < -0.3 is 14.8 Å². The van der Waals surface area contributed by atoms with Crippen molar-refractivity contribution >= 4 is 11.6 Å². The average molecular weight is 441 g/mol. The number of carbonyl (C=O) groups excluding carboxylic acids is 1. The van der Waals surface area contributed by atoms with Crippen molar-refractivity contribution in [3.05, 3.63) is 108 Å². The molecule has 1 N–H and O–H groups in total. The molecular weight excluding hydrogens is 415 g/mol. The minimum atomic E-state index is -0.340. The fourth-order valence-electron chi connectivity index (χ4n) is 4.35. The van der Waals surface area contributed by atoms with E-state index < -0.39 is 0 Å². The molecule has 0 saturated carbocycles. The van der Waals surface area contributed by atoms with E-state index in [2.05, 4.69) is 45.2 Å². The highest BCUT2D eigenvalue weighted by Crippen LogP contribution is 2.31. The average Bonchev–Trinajstić information content (AvgIpc) is 3.29. The highest BCUT2D eigenvalue weighted by Gasteiger charge is 2.24. The van der Waals surface area contributed by atoms with Crippen LogP contribution in [0.25, 0.3) is 11.1 Å². The number of imidazole rings is 1. The molecule has 4 aromatic rings. The molecule has 0 spiro atoms. The van der Waals surface area contributed by atoms with Crippen molar-refractivity contribution < 1.29 is 9.18 Å². The minimum Gasteiger partial charge on any atom is -0.364 e. The van der Waals surface area contributed by atoms with Gasteiger partial charge in [0.2, 0.25) is 5.91 Å². The summed E-state index contributed by atoms with van der Waals surface area (Å²) in [6.45, 7) is 2.41. The van der Waals surface area contributed by atoms with E-state index in [-0.39, 0.29) is 18.1 Å². The second kappa shape index (κ2) is 9.28. The van der Waals surface area contributed by atoms with E-state index in [1.54, 1.807) is 24.5 Å². The first-order valence-corrected chi connectivity index (χ1v) is 11.1. The van der Waals surface area contributed by atoms with Crippen LogP contribution in [0.4, 0.5) is 10.1 Å². The van der Waals surface area contributed by atoms with Crippen molar-refractivity contribution in [1.82, 2.24) is 14.9 Å². The number of carbonyl (C=O) groups is 1. The predicted molar refractivity (Wildman–Crippen MR) is 127 cm³/mol. The number of halogens is 1. The molecule has 1 amide bonds. The summed E-state index contributed by atoms with van der Waals surface area (Å²) in [5.74, 6) is -0.409. The monoisotopic (exact) mass is 440 g/mol. The van der Waals surface area contributed by atoms with Crippen LogP contribution in [-0.4, -0.2) is 33.9 Å². The lowest BCUT2D eigenvalue weighted by atomic mass is 10.0. The van der Waals surface area contributed by atoms with Gasteiger partial charge in [-0.25, -0.2) is 9.37 Å². The number of aromatic amines is 1. The van der Waals surface area contributed by atoms with E-state index in [0.29, 0.717) is 31.7 Å². The van der Waals surface area contributed by atoms with E-state index in [4.69, 9.17) is 0 Å². The van der Waals surface area contributed by atoms with Crippen molar-refractivity contribution in [3.8, 4) is 11.1 Å². The Kier molecular flexibility index (Phi) is 5.89. The number of anilines is 1. The summed E-state index contributed by atoms with van der Waals surface area (Å²) in [6, 6.07) is 23.1. The molecule has 0 radical (unpaired) electrons. The van der Waals surface area contributed by atoms with E-state index in [0.717, 1.165) is 28.1 Å². The van der Waals surface area contributed by atoms with Crippen LogP contribution in [-0.2, 0) is 24.3 Å². The fourth-order valence-corrected chi connectivity index (χ4v) is 4.35. The van der Waals surface area contributed by atoms with E-state index in [1.807, 2.05) is 29.3 Å². The molecule has 6 heteroatoms. The van der Waals surface area contributed by atoms with Crippen LogP contribution in [0, 0.1) is 5.82 Å². The number of nitrogens with zero attached hydrogens (tertiary/aromatic N) is 3. The number of nitrogens with one attached hydrogen (secondary N) is 1. The molecule has 5 nitrogen and oxygen atoms in total. The number of rotatable bonds is 5. The number of fused-ring (bicyclic) bond motifs is 1. The number of H-pyrrole nitrogens is 1. The Hall–Kier alpha value is -3.93. The first-order chi connectivity index (χ1) is 16.2. The molecule has 2 heterocycles. The topological polar surface area (TPSA) is 52.2 Å². The largest absolute Gasteiger partial charge is 0.364 e. The summed E-state index contributed by atoms with van der Waals surface area (Å²) < 4.78 is 14.2. The van der Waals surface area contributed by atoms with Crippen LogP contribution >= 0.6 is 0 Å². The molecule has 1 aliphatic rings. The van der Waals surface area contributed by atoms with Gasteiger partial charge in [0.25, 0.3) is 0 Å². The summed E-state index contributed by atoms with van der Waals surface area (Å²) in [5.41, 5.74) is 5.87. The number of amides is 1. The molecule has 3 aromatic carbocycles. The maximum Gasteiger partial charge on any atom is 0.227 e. The van der Waals surface area contributed by atoms with Crippen molar-refractivity contribution in [2.75, 3.05) is 18.0 Å². The summed E-state index contributed by atoms with van der Waals surface area (Å²) in [5, 5.41) is 0. The van der Waals surface area contributed by atoms with Gasteiger partial charge >= 0.3 is 0 Å². The fraction of sp³-hybridized carbons (Fsp3) is 0.185. The van der Waals surface area contributed by atoms with Crippen molar-refractivity contribution in [1.29, 1.82) is 0 Å².